The number of halogens is 2. The Balaban J connectivity index is 2.05. The average molecular weight is 417 g/mol. The number of rotatable bonds is 6. The van der Waals surface area contributed by atoms with E-state index in [-0.39, 0.29) is 11.7 Å². The lowest BCUT2D eigenvalue weighted by Gasteiger charge is -2.13. The van der Waals surface area contributed by atoms with E-state index in [4.69, 9.17) is 21.1 Å². The summed E-state index contributed by atoms with van der Waals surface area (Å²) in [7, 11) is 3.04. The van der Waals surface area contributed by atoms with Gasteiger partial charge in [0.2, 0.25) is 5.91 Å². The van der Waals surface area contributed by atoms with Crippen molar-refractivity contribution in [2.75, 3.05) is 25.3 Å². The van der Waals surface area contributed by atoms with Gasteiger partial charge < -0.3 is 14.8 Å². The van der Waals surface area contributed by atoms with Crippen LogP contribution >= 0.6 is 39.3 Å². The summed E-state index contributed by atoms with van der Waals surface area (Å²) in [6, 6.07) is 11.0. The highest BCUT2D eigenvalue weighted by Gasteiger charge is 2.13. The Bertz CT molecular complexity index is 712. The van der Waals surface area contributed by atoms with E-state index in [1.807, 2.05) is 24.3 Å². The molecule has 4 nitrogen and oxygen atoms in total. The van der Waals surface area contributed by atoms with Crippen molar-refractivity contribution in [1.29, 1.82) is 0 Å². The molecule has 0 saturated carbocycles. The molecule has 0 aliphatic carbocycles. The fourth-order valence-electron chi connectivity index (χ4n) is 1.85. The molecule has 0 fully saturated rings. The molecule has 0 atom stereocenters. The predicted molar refractivity (Wildman–Crippen MR) is 98.1 cm³/mol. The van der Waals surface area contributed by atoms with Gasteiger partial charge in [-0.25, -0.2) is 0 Å². The predicted octanol–water partition coefficient (Wildman–Crippen LogP) is 4.85. The molecule has 2 rings (SSSR count). The molecule has 23 heavy (non-hydrogen) atoms. The summed E-state index contributed by atoms with van der Waals surface area (Å²) >= 11 is 11.0. The number of hydrogen-bond donors (Lipinski definition) is 1. The number of ether oxygens (including phenoxy) is 2. The van der Waals surface area contributed by atoms with Crippen molar-refractivity contribution < 1.29 is 14.3 Å². The monoisotopic (exact) mass is 415 g/mol. The van der Waals surface area contributed by atoms with Crippen LogP contribution in [-0.2, 0) is 4.79 Å². The second-order valence-electron chi connectivity index (χ2n) is 4.45. The highest BCUT2D eigenvalue weighted by Crippen LogP contribution is 2.36. The van der Waals surface area contributed by atoms with E-state index >= 15 is 0 Å². The normalized spacial score (nSPS) is 10.3. The number of benzene rings is 2. The first kappa shape index (κ1) is 18.0. The second-order valence-corrected chi connectivity index (χ2v) is 6.73. The van der Waals surface area contributed by atoms with Gasteiger partial charge in [0.1, 0.15) is 11.5 Å². The Kier molecular flexibility index (Phi) is 6.62. The van der Waals surface area contributed by atoms with Crippen molar-refractivity contribution in [2.45, 2.75) is 4.90 Å². The maximum Gasteiger partial charge on any atom is 0.234 e. The maximum absolute atomic E-state index is 12.2. The molecule has 0 spiro atoms. The van der Waals surface area contributed by atoms with Crippen molar-refractivity contribution in [3.8, 4) is 11.5 Å². The summed E-state index contributed by atoms with van der Waals surface area (Å²) in [5.74, 6) is 1.11. The van der Waals surface area contributed by atoms with Gasteiger partial charge in [0.05, 0.1) is 30.7 Å². The van der Waals surface area contributed by atoms with Crippen LogP contribution in [0.5, 0.6) is 11.5 Å². The minimum atomic E-state index is -0.148. The van der Waals surface area contributed by atoms with E-state index in [1.165, 1.54) is 26.0 Å². The van der Waals surface area contributed by atoms with E-state index in [0.717, 1.165) is 9.37 Å². The zero-order valence-corrected chi connectivity index (χ0v) is 15.7. The van der Waals surface area contributed by atoms with Crippen LogP contribution in [0.2, 0.25) is 5.02 Å². The second kappa shape index (κ2) is 8.47. The molecule has 122 valence electrons. The third-order valence-corrected chi connectivity index (χ3v) is 5.27. The Hall–Kier alpha value is -1.37. The number of carbonyl (C=O) groups is 1. The molecule has 0 saturated heterocycles. The van der Waals surface area contributed by atoms with Gasteiger partial charge in [-0.05, 0) is 34.1 Å². The first-order valence-electron chi connectivity index (χ1n) is 6.64. The van der Waals surface area contributed by atoms with E-state index in [0.29, 0.717) is 22.2 Å². The van der Waals surface area contributed by atoms with Gasteiger partial charge in [0, 0.05) is 15.4 Å². The van der Waals surface area contributed by atoms with Crippen molar-refractivity contribution >= 4 is 50.9 Å². The molecular formula is C16H15BrClNO3S. The summed E-state index contributed by atoms with van der Waals surface area (Å²) in [6.07, 6.45) is 0. The molecule has 0 aliphatic rings. The Morgan fingerprint density at radius 2 is 1.91 bits per heavy atom. The molecule has 0 unspecified atom stereocenters. The van der Waals surface area contributed by atoms with Gasteiger partial charge in [0.15, 0.2) is 0 Å². The zero-order chi connectivity index (χ0) is 16.8. The lowest BCUT2D eigenvalue weighted by molar-refractivity contribution is -0.113. The lowest BCUT2D eigenvalue weighted by atomic mass is 10.2. The SMILES string of the molecule is COc1cc(OC)c(NC(=O)CSc2ccccc2Br)cc1Cl. The highest BCUT2D eigenvalue weighted by atomic mass is 79.9. The summed E-state index contributed by atoms with van der Waals surface area (Å²) in [4.78, 5) is 13.2. The van der Waals surface area contributed by atoms with Crippen molar-refractivity contribution in [3.63, 3.8) is 0 Å². The number of thioether (sulfide) groups is 1. The van der Waals surface area contributed by atoms with Crippen LogP contribution in [0.4, 0.5) is 5.69 Å². The van der Waals surface area contributed by atoms with Crippen LogP contribution in [0.3, 0.4) is 0 Å². The molecule has 7 heteroatoms. The third-order valence-electron chi connectivity index (χ3n) is 2.94. The number of anilines is 1. The van der Waals surface area contributed by atoms with Gasteiger partial charge in [-0.15, -0.1) is 11.8 Å². The summed E-state index contributed by atoms with van der Waals surface area (Å²) < 4.78 is 11.4. The summed E-state index contributed by atoms with van der Waals surface area (Å²) in [5, 5.41) is 3.21. The first-order chi connectivity index (χ1) is 11.0. The number of methoxy groups -OCH3 is 2. The Morgan fingerprint density at radius 3 is 2.57 bits per heavy atom. The van der Waals surface area contributed by atoms with Crippen LogP contribution in [0, 0.1) is 0 Å². The van der Waals surface area contributed by atoms with Crippen LogP contribution in [0.15, 0.2) is 45.8 Å². The fourth-order valence-corrected chi connectivity index (χ4v) is 3.46. The van der Waals surface area contributed by atoms with Gasteiger partial charge in [-0.2, -0.15) is 0 Å². The topological polar surface area (TPSA) is 47.6 Å². The maximum atomic E-state index is 12.2. The molecule has 0 aliphatic heterocycles. The fraction of sp³-hybridized carbons (Fsp3) is 0.188. The van der Waals surface area contributed by atoms with Gasteiger partial charge in [0.25, 0.3) is 0 Å². The van der Waals surface area contributed by atoms with E-state index in [9.17, 15) is 4.79 Å². The number of hydrogen-bond acceptors (Lipinski definition) is 4. The van der Waals surface area contributed by atoms with Crippen molar-refractivity contribution in [3.05, 3.63) is 45.9 Å². The van der Waals surface area contributed by atoms with Crippen molar-refractivity contribution in [2.24, 2.45) is 0 Å². The van der Waals surface area contributed by atoms with E-state index in [1.54, 1.807) is 12.1 Å². The molecule has 2 aromatic rings. The molecule has 1 amide bonds. The van der Waals surface area contributed by atoms with Crippen LogP contribution in [0.25, 0.3) is 0 Å². The molecular weight excluding hydrogens is 402 g/mol. The van der Waals surface area contributed by atoms with E-state index in [2.05, 4.69) is 21.2 Å². The van der Waals surface area contributed by atoms with Crippen LogP contribution in [0.1, 0.15) is 0 Å². The molecule has 0 radical (unpaired) electrons. The minimum Gasteiger partial charge on any atom is -0.495 e. The summed E-state index contributed by atoms with van der Waals surface area (Å²) in [5.41, 5.74) is 0.510. The van der Waals surface area contributed by atoms with Gasteiger partial charge in [-0.1, -0.05) is 23.7 Å². The molecule has 2 aromatic carbocycles. The van der Waals surface area contributed by atoms with Crippen LogP contribution in [-0.4, -0.2) is 25.9 Å². The molecule has 1 N–H and O–H groups in total. The molecule has 0 bridgehead atoms. The lowest BCUT2D eigenvalue weighted by Crippen LogP contribution is -2.14. The van der Waals surface area contributed by atoms with Crippen molar-refractivity contribution in [1.82, 2.24) is 0 Å². The largest absolute Gasteiger partial charge is 0.495 e. The van der Waals surface area contributed by atoms with Crippen LogP contribution < -0.4 is 14.8 Å². The smallest absolute Gasteiger partial charge is 0.234 e. The first-order valence-corrected chi connectivity index (χ1v) is 8.79. The quantitative estimate of drug-likeness (QED) is 0.684. The Labute approximate surface area is 152 Å². The number of nitrogens with one attached hydrogen (secondary N) is 1. The van der Waals surface area contributed by atoms with Gasteiger partial charge >= 0.3 is 0 Å². The minimum absolute atomic E-state index is 0.148. The number of amides is 1. The third kappa shape index (κ3) is 4.80. The van der Waals surface area contributed by atoms with Gasteiger partial charge in [-0.3, -0.25) is 4.79 Å². The molecule has 0 aromatic heterocycles. The van der Waals surface area contributed by atoms with E-state index < -0.39 is 0 Å². The number of carbonyl (C=O) groups excluding carboxylic acids is 1. The summed E-state index contributed by atoms with van der Waals surface area (Å²) in [6.45, 7) is 0. The average Bonchev–Trinajstić information content (AvgIpc) is 2.54. The highest BCUT2D eigenvalue weighted by molar-refractivity contribution is 9.10. The standard InChI is InChI=1S/C16H15BrClNO3S/c1-21-13-8-14(22-2)12(7-11(13)18)19-16(20)9-23-15-6-4-3-5-10(15)17/h3-8H,9H2,1-2H3,(H,19,20). The Morgan fingerprint density at radius 1 is 1.22 bits per heavy atom. The molecule has 0 heterocycles. The zero-order valence-electron chi connectivity index (χ0n) is 12.6.